The Morgan fingerprint density at radius 3 is 2.53 bits per heavy atom. The molecular weight excluding hydrogens is 244 g/mol. The van der Waals surface area contributed by atoms with Crippen LogP contribution < -0.4 is 5.32 Å². The van der Waals surface area contributed by atoms with Crippen LogP contribution in [0, 0.1) is 11.3 Å². The molecule has 0 saturated carbocycles. The first-order valence-corrected chi connectivity index (χ1v) is 6.97. The van der Waals surface area contributed by atoms with E-state index in [0.29, 0.717) is 12.6 Å². The summed E-state index contributed by atoms with van der Waals surface area (Å²) in [5.74, 6) is -1.15. The molecule has 0 radical (unpaired) electrons. The summed E-state index contributed by atoms with van der Waals surface area (Å²) >= 11 is 0. The Morgan fingerprint density at radius 2 is 2.11 bits per heavy atom. The van der Waals surface area contributed by atoms with E-state index in [0.717, 1.165) is 19.4 Å². The first-order valence-electron chi connectivity index (χ1n) is 6.97. The van der Waals surface area contributed by atoms with E-state index < -0.39 is 11.4 Å². The Morgan fingerprint density at radius 1 is 1.47 bits per heavy atom. The number of aliphatic carboxylic acids is 1. The monoisotopic (exact) mass is 270 g/mol. The number of likely N-dealkylation sites (tertiary alicyclic amines) is 1. The van der Waals surface area contributed by atoms with Crippen LogP contribution in [0.3, 0.4) is 0 Å². The van der Waals surface area contributed by atoms with E-state index in [-0.39, 0.29) is 18.2 Å². The number of rotatable bonds is 6. The molecule has 0 aromatic heterocycles. The zero-order chi connectivity index (χ0) is 14.6. The number of carbonyl (C=O) groups is 2. The molecule has 0 aliphatic carbocycles. The van der Waals surface area contributed by atoms with Crippen molar-refractivity contribution >= 4 is 11.9 Å². The minimum absolute atomic E-state index is 0.0381. The standard InChI is InChI=1S/C14H26N2O3/c1-10(2)14(3,13(18)19)8-12(17)15-9-11-6-5-7-16(11)4/h10-11H,5-9H2,1-4H3,(H,15,17)(H,18,19). The second-order valence-corrected chi connectivity index (χ2v) is 6.13. The SMILES string of the molecule is CC(C)C(C)(CC(=O)NCC1CCCN1C)C(=O)O. The number of nitrogens with zero attached hydrogens (tertiary/aromatic N) is 1. The minimum Gasteiger partial charge on any atom is -0.481 e. The van der Waals surface area contributed by atoms with Gasteiger partial charge in [-0.25, -0.2) is 0 Å². The van der Waals surface area contributed by atoms with Crippen LogP contribution in [0.2, 0.25) is 0 Å². The van der Waals surface area contributed by atoms with E-state index >= 15 is 0 Å². The fourth-order valence-electron chi connectivity index (χ4n) is 2.39. The number of carbonyl (C=O) groups excluding carboxylic acids is 1. The van der Waals surface area contributed by atoms with E-state index in [9.17, 15) is 14.7 Å². The van der Waals surface area contributed by atoms with Crippen LogP contribution in [0.4, 0.5) is 0 Å². The van der Waals surface area contributed by atoms with Gasteiger partial charge in [0.05, 0.1) is 5.41 Å². The molecule has 1 aliphatic rings. The molecule has 5 heteroatoms. The highest BCUT2D eigenvalue weighted by Gasteiger charge is 2.38. The first-order chi connectivity index (χ1) is 8.77. The molecule has 2 unspecified atom stereocenters. The Balaban J connectivity index is 2.47. The molecule has 2 atom stereocenters. The van der Waals surface area contributed by atoms with Gasteiger partial charge in [-0.2, -0.15) is 0 Å². The van der Waals surface area contributed by atoms with Crippen molar-refractivity contribution in [1.82, 2.24) is 10.2 Å². The zero-order valence-electron chi connectivity index (χ0n) is 12.4. The number of hydrogen-bond acceptors (Lipinski definition) is 3. The van der Waals surface area contributed by atoms with Crippen LogP contribution >= 0.6 is 0 Å². The largest absolute Gasteiger partial charge is 0.481 e. The lowest BCUT2D eigenvalue weighted by Crippen LogP contribution is -2.42. The highest BCUT2D eigenvalue weighted by Crippen LogP contribution is 2.31. The first kappa shape index (κ1) is 16.0. The van der Waals surface area contributed by atoms with Crippen molar-refractivity contribution in [2.45, 2.75) is 46.1 Å². The van der Waals surface area contributed by atoms with Gasteiger partial charge >= 0.3 is 5.97 Å². The van der Waals surface area contributed by atoms with Crippen LogP contribution in [0.1, 0.15) is 40.0 Å². The topological polar surface area (TPSA) is 69.6 Å². The van der Waals surface area contributed by atoms with E-state index in [1.807, 2.05) is 13.8 Å². The summed E-state index contributed by atoms with van der Waals surface area (Å²) in [6.07, 6.45) is 2.30. The second kappa shape index (κ2) is 6.37. The molecule has 5 nitrogen and oxygen atoms in total. The number of carboxylic acids is 1. The van der Waals surface area contributed by atoms with E-state index in [1.54, 1.807) is 6.92 Å². The van der Waals surface area contributed by atoms with E-state index in [1.165, 1.54) is 0 Å². The normalized spacial score (nSPS) is 23.3. The number of nitrogens with one attached hydrogen (secondary N) is 1. The van der Waals surface area contributed by atoms with Crippen molar-refractivity contribution in [3.05, 3.63) is 0 Å². The van der Waals surface area contributed by atoms with Crippen LogP contribution in [0.5, 0.6) is 0 Å². The van der Waals surface area contributed by atoms with Crippen LogP contribution in [-0.2, 0) is 9.59 Å². The number of likely N-dealkylation sites (N-methyl/N-ethyl adjacent to an activating group) is 1. The average molecular weight is 270 g/mol. The number of carboxylic acid groups (broad SMARTS) is 1. The predicted octanol–water partition coefficient (Wildman–Crippen LogP) is 1.33. The maximum atomic E-state index is 11.9. The van der Waals surface area contributed by atoms with Gasteiger partial charge in [-0.3, -0.25) is 9.59 Å². The maximum Gasteiger partial charge on any atom is 0.310 e. The lowest BCUT2D eigenvalue weighted by atomic mass is 9.76. The maximum absolute atomic E-state index is 11.9. The lowest BCUT2D eigenvalue weighted by Gasteiger charge is -2.28. The Hall–Kier alpha value is -1.10. The van der Waals surface area contributed by atoms with Gasteiger partial charge in [0, 0.05) is 19.0 Å². The molecule has 19 heavy (non-hydrogen) atoms. The van der Waals surface area contributed by atoms with Crippen LogP contribution in [-0.4, -0.2) is 48.1 Å². The summed E-state index contributed by atoms with van der Waals surface area (Å²) in [7, 11) is 2.05. The van der Waals surface area contributed by atoms with Crippen molar-refractivity contribution in [2.24, 2.45) is 11.3 Å². The summed E-state index contributed by atoms with van der Waals surface area (Å²) < 4.78 is 0. The predicted molar refractivity (Wildman–Crippen MR) is 73.9 cm³/mol. The summed E-state index contributed by atoms with van der Waals surface area (Å²) in [6.45, 7) is 7.00. The molecule has 0 bridgehead atoms. The quantitative estimate of drug-likeness (QED) is 0.764. The molecule has 110 valence electrons. The van der Waals surface area contributed by atoms with E-state index in [4.69, 9.17) is 0 Å². The van der Waals surface area contributed by atoms with Crippen molar-refractivity contribution in [2.75, 3.05) is 20.1 Å². The molecule has 1 amide bonds. The highest BCUT2D eigenvalue weighted by atomic mass is 16.4. The minimum atomic E-state index is -0.994. The van der Waals surface area contributed by atoms with Crippen LogP contribution in [0.25, 0.3) is 0 Å². The molecule has 0 aromatic carbocycles. The number of hydrogen-bond donors (Lipinski definition) is 2. The molecule has 1 rings (SSSR count). The van der Waals surface area contributed by atoms with Crippen molar-refractivity contribution in [1.29, 1.82) is 0 Å². The lowest BCUT2D eigenvalue weighted by molar-refractivity contribution is -0.153. The molecular formula is C14H26N2O3. The Labute approximate surface area is 115 Å². The van der Waals surface area contributed by atoms with Gasteiger partial charge in [0.25, 0.3) is 0 Å². The van der Waals surface area contributed by atoms with Gasteiger partial charge in [0.1, 0.15) is 0 Å². The van der Waals surface area contributed by atoms with Gasteiger partial charge in [-0.05, 0) is 39.3 Å². The van der Waals surface area contributed by atoms with Gasteiger partial charge in [0.15, 0.2) is 0 Å². The number of amides is 1. The third-order valence-electron chi connectivity index (χ3n) is 4.50. The van der Waals surface area contributed by atoms with Gasteiger partial charge < -0.3 is 15.3 Å². The molecule has 0 spiro atoms. The van der Waals surface area contributed by atoms with Crippen molar-refractivity contribution in [3.8, 4) is 0 Å². The Kier molecular flexibility index (Phi) is 5.35. The summed E-state index contributed by atoms with van der Waals surface area (Å²) in [5.41, 5.74) is -0.994. The summed E-state index contributed by atoms with van der Waals surface area (Å²) in [4.78, 5) is 25.5. The average Bonchev–Trinajstić information content (AvgIpc) is 2.71. The smallest absolute Gasteiger partial charge is 0.310 e. The van der Waals surface area contributed by atoms with Crippen LogP contribution in [0.15, 0.2) is 0 Å². The van der Waals surface area contributed by atoms with Gasteiger partial charge in [-0.15, -0.1) is 0 Å². The van der Waals surface area contributed by atoms with E-state index in [2.05, 4.69) is 17.3 Å². The fraction of sp³-hybridized carbons (Fsp3) is 0.857. The molecule has 1 saturated heterocycles. The van der Waals surface area contributed by atoms with Gasteiger partial charge in [-0.1, -0.05) is 13.8 Å². The summed E-state index contributed by atoms with van der Waals surface area (Å²) in [5, 5.41) is 12.2. The highest BCUT2D eigenvalue weighted by molar-refractivity contribution is 5.84. The second-order valence-electron chi connectivity index (χ2n) is 6.13. The zero-order valence-corrected chi connectivity index (χ0v) is 12.4. The molecule has 1 fully saturated rings. The fourth-order valence-corrected chi connectivity index (χ4v) is 2.39. The molecule has 1 heterocycles. The van der Waals surface area contributed by atoms with Crippen molar-refractivity contribution < 1.29 is 14.7 Å². The molecule has 1 aliphatic heterocycles. The summed E-state index contributed by atoms with van der Waals surface area (Å²) in [6, 6.07) is 0.388. The molecule has 2 N–H and O–H groups in total. The van der Waals surface area contributed by atoms with Crippen molar-refractivity contribution in [3.63, 3.8) is 0 Å². The molecule has 0 aromatic rings. The van der Waals surface area contributed by atoms with Gasteiger partial charge in [0.2, 0.25) is 5.91 Å². The third kappa shape index (κ3) is 3.93. The Bertz CT molecular complexity index is 344. The third-order valence-corrected chi connectivity index (χ3v) is 4.50.